The third-order valence-corrected chi connectivity index (χ3v) is 4.85. The fraction of sp³-hybridized carbons (Fsp3) is 0.368. The third-order valence-electron chi connectivity index (χ3n) is 4.85. The van der Waals surface area contributed by atoms with Gasteiger partial charge >= 0.3 is 0 Å². The Balaban J connectivity index is 1.33. The molecule has 136 valence electrons. The topological polar surface area (TPSA) is 81.0 Å². The van der Waals surface area contributed by atoms with Crippen molar-refractivity contribution >= 4 is 17.5 Å². The highest BCUT2D eigenvalue weighted by atomic mass is 16.7. The van der Waals surface area contributed by atoms with Crippen molar-refractivity contribution in [2.24, 2.45) is 5.92 Å². The molecule has 1 N–H and O–H groups in total. The van der Waals surface area contributed by atoms with Gasteiger partial charge in [-0.1, -0.05) is 0 Å². The van der Waals surface area contributed by atoms with E-state index in [0.717, 1.165) is 5.56 Å². The van der Waals surface area contributed by atoms with E-state index in [1.165, 1.54) is 6.26 Å². The average Bonchev–Trinajstić information content (AvgIpc) is 3.29. The van der Waals surface area contributed by atoms with Crippen LogP contribution in [0.4, 0.5) is 5.69 Å². The molecule has 7 nitrogen and oxygen atoms in total. The molecule has 3 heterocycles. The summed E-state index contributed by atoms with van der Waals surface area (Å²) in [7, 11) is 0. The van der Waals surface area contributed by atoms with Gasteiger partial charge in [0, 0.05) is 36.3 Å². The van der Waals surface area contributed by atoms with Crippen LogP contribution in [-0.2, 0) is 4.79 Å². The van der Waals surface area contributed by atoms with Gasteiger partial charge in [-0.25, -0.2) is 0 Å². The van der Waals surface area contributed by atoms with Crippen molar-refractivity contribution in [3.8, 4) is 11.5 Å². The molecule has 0 unspecified atom stereocenters. The number of anilines is 1. The molecule has 0 atom stereocenters. The standard InChI is InChI=1S/C19H20N2O5/c1-12-6-9-24-17(12)19(23)21-7-4-13(5-8-21)18(22)20-14-2-3-15-16(10-14)26-11-25-15/h2-3,6,9-10,13H,4-5,7-8,11H2,1H3,(H,20,22). The van der Waals surface area contributed by atoms with Crippen molar-refractivity contribution in [1.29, 1.82) is 0 Å². The molecule has 7 heteroatoms. The van der Waals surface area contributed by atoms with E-state index >= 15 is 0 Å². The van der Waals surface area contributed by atoms with Gasteiger partial charge in [0.15, 0.2) is 17.3 Å². The van der Waals surface area contributed by atoms with Crippen LogP contribution in [0.25, 0.3) is 0 Å². The maximum Gasteiger partial charge on any atom is 0.289 e. The molecule has 0 spiro atoms. The lowest BCUT2D eigenvalue weighted by molar-refractivity contribution is -0.121. The van der Waals surface area contributed by atoms with Gasteiger partial charge in [0.2, 0.25) is 12.7 Å². The summed E-state index contributed by atoms with van der Waals surface area (Å²) < 4.78 is 15.9. The molecular weight excluding hydrogens is 336 g/mol. The van der Waals surface area contributed by atoms with E-state index in [2.05, 4.69) is 5.32 Å². The van der Waals surface area contributed by atoms with E-state index in [0.29, 0.717) is 48.9 Å². The van der Waals surface area contributed by atoms with E-state index in [1.807, 2.05) is 6.92 Å². The predicted octanol–water partition coefficient (Wildman–Crippen LogP) is 2.81. The first-order valence-electron chi connectivity index (χ1n) is 8.65. The van der Waals surface area contributed by atoms with Crippen LogP contribution < -0.4 is 14.8 Å². The zero-order chi connectivity index (χ0) is 18.1. The molecule has 1 fully saturated rings. The van der Waals surface area contributed by atoms with Crippen LogP contribution in [0.2, 0.25) is 0 Å². The monoisotopic (exact) mass is 356 g/mol. The number of furan rings is 1. The maximum atomic E-state index is 12.5. The SMILES string of the molecule is Cc1ccoc1C(=O)N1CCC(C(=O)Nc2ccc3c(c2)OCO3)CC1. The van der Waals surface area contributed by atoms with Crippen LogP contribution in [0.3, 0.4) is 0 Å². The Bertz CT molecular complexity index is 836. The van der Waals surface area contributed by atoms with Gasteiger partial charge in [0.1, 0.15) is 0 Å². The predicted molar refractivity (Wildman–Crippen MR) is 93.3 cm³/mol. The lowest BCUT2D eigenvalue weighted by atomic mass is 9.95. The van der Waals surface area contributed by atoms with E-state index < -0.39 is 0 Å². The Hall–Kier alpha value is -2.96. The second-order valence-electron chi connectivity index (χ2n) is 6.56. The minimum atomic E-state index is -0.123. The number of carbonyl (C=O) groups excluding carboxylic acids is 2. The molecule has 0 radical (unpaired) electrons. The summed E-state index contributed by atoms with van der Waals surface area (Å²) in [6.07, 6.45) is 2.78. The molecule has 1 aromatic carbocycles. The van der Waals surface area contributed by atoms with Crippen LogP contribution in [0.5, 0.6) is 11.5 Å². The van der Waals surface area contributed by atoms with Crippen molar-refractivity contribution < 1.29 is 23.5 Å². The summed E-state index contributed by atoms with van der Waals surface area (Å²) >= 11 is 0. The minimum absolute atomic E-state index is 0.0369. The summed E-state index contributed by atoms with van der Waals surface area (Å²) in [6.45, 7) is 3.13. The summed E-state index contributed by atoms with van der Waals surface area (Å²) in [5, 5.41) is 2.93. The van der Waals surface area contributed by atoms with Gasteiger partial charge < -0.3 is 24.1 Å². The maximum absolute atomic E-state index is 12.5. The number of benzene rings is 1. The Kier molecular flexibility index (Phi) is 4.28. The highest BCUT2D eigenvalue weighted by Gasteiger charge is 2.29. The zero-order valence-electron chi connectivity index (χ0n) is 14.5. The Labute approximate surface area is 150 Å². The van der Waals surface area contributed by atoms with E-state index in [-0.39, 0.29) is 24.5 Å². The molecule has 1 aromatic heterocycles. The number of fused-ring (bicyclic) bond motifs is 1. The summed E-state index contributed by atoms with van der Waals surface area (Å²) in [5.74, 6) is 1.43. The number of nitrogens with zero attached hydrogens (tertiary/aromatic N) is 1. The number of hydrogen-bond acceptors (Lipinski definition) is 5. The highest BCUT2D eigenvalue weighted by molar-refractivity contribution is 5.94. The first-order chi connectivity index (χ1) is 12.6. The van der Waals surface area contributed by atoms with Crippen molar-refractivity contribution in [3.05, 3.63) is 41.9 Å². The number of aryl methyl sites for hydroxylation is 1. The molecule has 2 aliphatic rings. The minimum Gasteiger partial charge on any atom is -0.459 e. The van der Waals surface area contributed by atoms with Crippen molar-refractivity contribution in [3.63, 3.8) is 0 Å². The molecule has 2 aromatic rings. The van der Waals surface area contributed by atoms with Gasteiger partial charge in [0.25, 0.3) is 5.91 Å². The number of amides is 2. The molecule has 0 bridgehead atoms. The Morgan fingerprint density at radius 3 is 2.62 bits per heavy atom. The van der Waals surface area contributed by atoms with Gasteiger partial charge in [-0.05, 0) is 38.0 Å². The normalized spacial score (nSPS) is 16.6. The first-order valence-corrected chi connectivity index (χ1v) is 8.65. The quantitative estimate of drug-likeness (QED) is 0.915. The van der Waals surface area contributed by atoms with Crippen molar-refractivity contribution in [2.75, 3.05) is 25.2 Å². The molecule has 0 saturated carbocycles. The first kappa shape index (κ1) is 16.5. The average molecular weight is 356 g/mol. The van der Waals surface area contributed by atoms with Gasteiger partial charge in [0.05, 0.1) is 6.26 Å². The Morgan fingerprint density at radius 2 is 1.88 bits per heavy atom. The number of rotatable bonds is 3. The molecular formula is C19H20N2O5. The number of nitrogens with one attached hydrogen (secondary N) is 1. The lowest BCUT2D eigenvalue weighted by Gasteiger charge is -2.31. The lowest BCUT2D eigenvalue weighted by Crippen LogP contribution is -2.41. The summed E-state index contributed by atoms with van der Waals surface area (Å²) in [6, 6.07) is 7.12. The molecule has 4 rings (SSSR count). The molecule has 26 heavy (non-hydrogen) atoms. The molecule has 2 amide bonds. The van der Waals surface area contributed by atoms with E-state index in [1.54, 1.807) is 29.2 Å². The summed E-state index contributed by atoms with van der Waals surface area (Å²) in [4.78, 5) is 26.7. The second kappa shape index (κ2) is 6.74. The molecule has 1 saturated heterocycles. The number of likely N-dealkylation sites (tertiary alicyclic amines) is 1. The number of carbonyl (C=O) groups is 2. The van der Waals surface area contributed by atoms with Crippen LogP contribution in [0.1, 0.15) is 29.0 Å². The van der Waals surface area contributed by atoms with E-state index in [9.17, 15) is 9.59 Å². The summed E-state index contributed by atoms with van der Waals surface area (Å²) in [5.41, 5.74) is 1.52. The van der Waals surface area contributed by atoms with Gasteiger partial charge in [-0.3, -0.25) is 9.59 Å². The number of piperidine rings is 1. The fourth-order valence-corrected chi connectivity index (χ4v) is 3.30. The zero-order valence-corrected chi connectivity index (χ0v) is 14.5. The number of ether oxygens (including phenoxy) is 2. The smallest absolute Gasteiger partial charge is 0.289 e. The van der Waals surface area contributed by atoms with Crippen molar-refractivity contribution in [1.82, 2.24) is 4.90 Å². The largest absolute Gasteiger partial charge is 0.459 e. The fourth-order valence-electron chi connectivity index (χ4n) is 3.30. The van der Waals surface area contributed by atoms with Crippen LogP contribution in [0, 0.1) is 12.8 Å². The van der Waals surface area contributed by atoms with Crippen LogP contribution in [0.15, 0.2) is 34.9 Å². The van der Waals surface area contributed by atoms with Gasteiger partial charge in [-0.2, -0.15) is 0 Å². The molecule has 0 aliphatic carbocycles. The Morgan fingerprint density at radius 1 is 1.12 bits per heavy atom. The highest BCUT2D eigenvalue weighted by Crippen LogP contribution is 2.34. The molecule has 2 aliphatic heterocycles. The van der Waals surface area contributed by atoms with Gasteiger partial charge in [-0.15, -0.1) is 0 Å². The van der Waals surface area contributed by atoms with Crippen LogP contribution >= 0.6 is 0 Å². The number of hydrogen-bond donors (Lipinski definition) is 1. The second-order valence-corrected chi connectivity index (χ2v) is 6.56. The van der Waals surface area contributed by atoms with Crippen LogP contribution in [-0.4, -0.2) is 36.6 Å². The van der Waals surface area contributed by atoms with Crippen molar-refractivity contribution in [2.45, 2.75) is 19.8 Å². The third kappa shape index (κ3) is 3.12. The van der Waals surface area contributed by atoms with E-state index in [4.69, 9.17) is 13.9 Å².